The summed E-state index contributed by atoms with van der Waals surface area (Å²) in [6.45, 7) is -0.368. The Hall–Kier alpha value is -1.60. The summed E-state index contributed by atoms with van der Waals surface area (Å²) in [5.74, 6) is -1.22. The van der Waals surface area contributed by atoms with Crippen molar-refractivity contribution in [1.82, 2.24) is 0 Å². The van der Waals surface area contributed by atoms with Crippen molar-refractivity contribution < 1.29 is 22.5 Å². The lowest BCUT2D eigenvalue weighted by molar-refractivity contribution is 0.0528. The van der Waals surface area contributed by atoms with Crippen LogP contribution >= 0.6 is 0 Å². The monoisotopic (exact) mass is 273 g/mol. The standard InChI is InChI=1S/C11H15NO5S/c1-12(2)10-5-3-9(4-6-10)11(13)17-7-8-18(14,15)16/h3-6H,7-8H2,1-2H3,(H,14,15,16). The van der Waals surface area contributed by atoms with Gasteiger partial charge in [0, 0.05) is 19.8 Å². The quantitative estimate of drug-likeness (QED) is 0.631. The average molecular weight is 273 g/mol. The number of hydrogen-bond acceptors (Lipinski definition) is 5. The predicted octanol–water partition coefficient (Wildman–Crippen LogP) is 0.797. The topological polar surface area (TPSA) is 83.9 Å². The Morgan fingerprint density at radius 1 is 1.28 bits per heavy atom. The second-order valence-corrected chi connectivity index (χ2v) is 5.44. The largest absolute Gasteiger partial charge is 0.461 e. The fourth-order valence-electron chi connectivity index (χ4n) is 1.22. The Morgan fingerprint density at radius 2 is 1.83 bits per heavy atom. The highest BCUT2D eigenvalue weighted by Crippen LogP contribution is 2.12. The molecule has 0 aliphatic carbocycles. The first kappa shape index (κ1) is 14.5. The molecule has 100 valence electrons. The van der Waals surface area contributed by atoms with Gasteiger partial charge in [0.2, 0.25) is 0 Å². The van der Waals surface area contributed by atoms with Gasteiger partial charge in [0.25, 0.3) is 10.1 Å². The third-order valence-electron chi connectivity index (χ3n) is 2.19. The second-order valence-electron chi connectivity index (χ2n) is 3.86. The molecule has 1 N–H and O–H groups in total. The zero-order chi connectivity index (χ0) is 13.8. The van der Waals surface area contributed by atoms with Crippen LogP contribution in [0.25, 0.3) is 0 Å². The first-order valence-corrected chi connectivity index (χ1v) is 6.80. The Morgan fingerprint density at radius 3 is 2.28 bits per heavy atom. The molecule has 18 heavy (non-hydrogen) atoms. The maximum atomic E-state index is 11.5. The van der Waals surface area contributed by atoms with Crippen molar-refractivity contribution in [2.45, 2.75) is 0 Å². The molecular formula is C11H15NO5S. The summed E-state index contributed by atoms with van der Waals surface area (Å²) >= 11 is 0. The molecule has 0 aliphatic rings. The van der Waals surface area contributed by atoms with E-state index in [9.17, 15) is 13.2 Å². The summed E-state index contributed by atoms with van der Waals surface area (Å²) in [7, 11) is -0.355. The second kappa shape index (κ2) is 5.83. The van der Waals surface area contributed by atoms with Gasteiger partial charge in [-0.2, -0.15) is 8.42 Å². The van der Waals surface area contributed by atoms with E-state index in [4.69, 9.17) is 9.29 Å². The third-order valence-corrected chi connectivity index (χ3v) is 2.88. The van der Waals surface area contributed by atoms with E-state index in [0.29, 0.717) is 5.56 Å². The van der Waals surface area contributed by atoms with Crippen molar-refractivity contribution in [3.8, 4) is 0 Å². The minimum absolute atomic E-state index is 0.330. The molecule has 0 aliphatic heterocycles. The molecule has 0 heterocycles. The van der Waals surface area contributed by atoms with Gasteiger partial charge in [-0.3, -0.25) is 4.55 Å². The van der Waals surface area contributed by atoms with Gasteiger partial charge in [-0.15, -0.1) is 0 Å². The van der Waals surface area contributed by atoms with Crippen LogP contribution in [0.15, 0.2) is 24.3 Å². The van der Waals surface area contributed by atoms with Crippen molar-refractivity contribution >= 4 is 21.8 Å². The van der Waals surface area contributed by atoms with Crippen LogP contribution in [0.3, 0.4) is 0 Å². The minimum atomic E-state index is -4.10. The Labute approximate surface area is 106 Å². The number of hydrogen-bond donors (Lipinski definition) is 1. The maximum Gasteiger partial charge on any atom is 0.338 e. The van der Waals surface area contributed by atoms with Crippen LogP contribution in [0, 0.1) is 0 Å². The summed E-state index contributed by atoms with van der Waals surface area (Å²) in [6, 6.07) is 6.68. The molecule has 1 aromatic rings. The molecule has 1 aromatic carbocycles. The lowest BCUT2D eigenvalue weighted by Crippen LogP contribution is -2.15. The molecular weight excluding hydrogens is 258 g/mol. The van der Waals surface area contributed by atoms with E-state index in [-0.39, 0.29) is 6.61 Å². The Bertz CT molecular complexity index is 507. The van der Waals surface area contributed by atoms with Crippen molar-refractivity contribution in [3.05, 3.63) is 29.8 Å². The number of carbonyl (C=O) groups is 1. The molecule has 0 unspecified atom stereocenters. The number of nitrogens with zero attached hydrogens (tertiary/aromatic N) is 1. The number of carbonyl (C=O) groups excluding carboxylic acids is 1. The number of anilines is 1. The zero-order valence-electron chi connectivity index (χ0n) is 10.2. The summed E-state index contributed by atoms with van der Waals surface area (Å²) in [5.41, 5.74) is 1.26. The average Bonchev–Trinajstić information content (AvgIpc) is 2.27. The van der Waals surface area contributed by atoms with Gasteiger partial charge in [-0.05, 0) is 24.3 Å². The fraction of sp³-hybridized carbons (Fsp3) is 0.364. The van der Waals surface area contributed by atoms with E-state index in [1.807, 2.05) is 19.0 Å². The van der Waals surface area contributed by atoms with Crippen LogP contribution in [0.5, 0.6) is 0 Å². The molecule has 0 aromatic heterocycles. The molecule has 0 amide bonds. The highest BCUT2D eigenvalue weighted by molar-refractivity contribution is 7.85. The number of esters is 1. The summed E-state index contributed by atoms with van der Waals surface area (Å²) in [5, 5.41) is 0. The third kappa shape index (κ3) is 4.72. The predicted molar refractivity (Wildman–Crippen MR) is 67.5 cm³/mol. The van der Waals surface area contributed by atoms with Crippen LogP contribution in [0.4, 0.5) is 5.69 Å². The molecule has 0 atom stereocenters. The summed E-state index contributed by atoms with van der Waals surface area (Å²) in [4.78, 5) is 13.4. The molecule has 7 heteroatoms. The van der Waals surface area contributed by atoms with E-state index in [1.54, 1.807) is 24.3 Å². The first-order valence-electron chi connectivity index (χ1n) is 5.19. The Kier molecular flexibility index (Phi) is 4.69. The van der Waals surface area contributed by atoms with Gasteiger partial charge in [-0.25, -0.2) is 4.79 Å². The highest BCUT2D eigenvalue weighted by Gasteiger charge is 2.10. The number of ether oxygens (including phenoxy) is 1. The molecule has 0 saturated carbocycles. The Balaban J connectivity index is 2.57. The van der Waals surface area contributed by atoms with Crippen LogP contribution < -0.4 is 4.90 Å². The molecule has 0 radical (unpaired) electrons. The van der Waals surface area contributed by atoms with E-state index in [0.717, 1.165) is 5.69 Å². The lowest BCUT2D eigenvalue weighted by Gasteiger charge is -2.12. The van der Waals surface area contributed by atoms with Crippen LogP contribution in [0.1, 0.15) is 10.4 Å². The van der Waals surface area contributed by atoms with Crippen LogP contribution in [0.2, 0.25) is 0 Å². The van der Waals surface area contributed by atoms with Gasteiger partial charge in [0.1, 0.15) is 12.4 Å². The molecule has 0 fully saturated rings. The SMILES string of the molecule is CN(C)c1ccc(C(=O)OCCS(=O)(=O)O)cc1. The lowest BCUT2D eigenvalue weighted by atomic mass is 10.2. The molecule has 0 saturated heterocycles. The van der Waals surface area contributed by atoms with E-state index >= 15 is 0 Å². The molecule has 1 rings (SSSR count). The number of rotatable bonds is 5. The van der Waals surface area contributed by atoms with E-state index in [1.165, 1.54) is 0 Å². The minimum Gasteiger partial charge on any atom is -0.461 e. The molecule has 6 nitrogen and oxygen atoms in total. The van der Waals surface area contributed by atoms with Crippen LogP contribution in [-0.4, -0.2) is 45.4 Å². The smallest absolute Gasteiger partial charge is 0.338 e. The van der Waals surface area contributed by atoms with Crippen molar-refractivity contribution in [2.24, 2.45) is 0 Å². The van der Waals surface area contributed by atoms with Crippen molar-refractivity contribution in [1.29, 1.82) is 0 Å². The maximum absolute atomic E-state index is 11.5. The van der Waals surface area contributed by atoms with Gasteiger partial charge < -0.3 is 9.64 Å². The molecule has 0 spiro atoms. The van der Waals surface area contributed by atoms with E-state index in [2.05, 4.69) is 0 Å². The first-order chi connectivity index (χ1) is 8.29. The fourth-order valence-corrected chi connectivity index (χ4v) is 1.51. The van der Waals surface area contributed by atoms with Gasteiger partial charge in [0.05, 0.1) is 5.56 Å². The van der Waals surface area contributed by atoms with Crippen molar-refractivity contribution in [2.75, 3.05) is 31.4 Å². The number of benzene rings is 1. The van der Waals surface area contributed by atoms with Gasteiger partial charge >= 0.3 is 5.97 Å². The van der Waals surface area contributed by atoms with Crippen LogP contribution in [-0.2, 0) is 14.9 Å². The summed E-state index contributed by atoms with van der Waals surface area (Å²) < 4.78 is 34.0. The van der Waals surface area contributed by atoms with Gasteiger partial charge in [0.15, 0.2) is 0 Å². The normalized spacial score (nSPS) is 11.1. The van der Waals surface area contributed by atoms with Crippen molar-refractivity contribution in [3.63, 3.8) is 0 Å². The molecule has 0 bridgehead atoms. The van der Waals surface area contributed by atoms with E-state index < -0.39 is 21.8 Å². The highest BCUT2D eigenvalue weighted by atomic mass is 32.2. The zero-order valence-corrected chi connectivity index (χ0v) is 11.0. The summed E-state index contributed by atoms with van der Waals surface area (Å²) in [6.07, 6.45) is 0. The van der Waals surface area contributed by atoms with Gasteiger partial charge in [-0.1, -0.05) is 0 Å².